The van der Waals surface area contributed by atoms with Crippen LogP contribution in [0.5, 0.6) is 11.5 Å². The van der Waals surface area contributed by atoms with Gasteiger partial charge in [-0.2, -0.15) is 0 Å². The third-order valence-corrected chi connectivity index (χ3v) is 5.80. The topological polar surface area (TPSA) is 87.0 Å². The van der Waals surface area contributed by atoms with Gasteiger partial charge in [-0.3, -0.25) is 9.59 Å². The lowest BCUT2D eigenvalue weighted by Crippen LogP contribution is -2.35. The van der Waals surface area contributed by atoms with Gasteiger partial charge in [-0.05, 0) is 67.1 Å². The first-order valence-electron chi connectivity index (χ1n) is 10.7. The number of nitrogens with one attached hydrogen (secondary N) is 1. The number of carbonyl (C=O) groups is 2. The second kappa shape index (κ2) is 9.34. The van der Waals surface area contributed by atoms with E-state index in [1.54, 1.807) is 39.5 Å². The van der Waals surface area contributed by atoms with Crippen molar-refractivity contribution >= 4 is 22.8 Å². The zero-order valence-electron chi connectivity index (χ0n) is 18.5. The Morgan fingerprint density at radius 1 is 1.06 bits per heavy atom. The summed E-state index contributed by atoms with van der Waals surface area (Å²) in [7, 11) is 3.12. The molecule has 1 aromatic heterocycles. The lowest BCUT2D eigenvalue weighted by Gasteiger charge is -2.14. The molecule has 7 nitrogen and oxygen atoms in total. The highest BCUT2D eigenvalue weighted by Gasteiger charge is 2.21. The molecule has 0 saturated heterocycles. The van der Waals surface area contributed by atoms with E-state index in [0.29, 0.717) is 11.5 Å². The van der Waals surface area contributed by atoms with Crippen molar-refractivity contribution in [2.45, 2.75) is 45.3 Å². The number of hydrogen-bond donors (Lipinski definition) is 1. The molecule has 1 N–H and O–H groups in total. The van der Waals surface area contributed by atoms with Gasteiger partial charge in [-0.1, -0.05) is 6.07 Å². The normalized spacial score (nSPS) is 13.5. The number of ether oxygens (including phenoxy) is 3. The minimum absolute atomic E-state index is 0.0546. The number of benzene rings is 2. The smallest absolute Gasteiger partial charge is 0.311 e. The Bertz CT molecular complexity index is 1150. The zero-order valence-corrected chi connectivity index (χ0v) is 18.5. The second-order valence-electron chi connectivity index (χ2n) is 7.95. The van der Waals surface area contributed by atoms with Crippen LogP contribution in [0.3, 0.4) is 0 Å². The monoisotopic (exact) mass is 437 g/mol. The molecule has 4 rings (SSSR count). The maximum atomic E-state index is 12.5. The highest BCUT2D eigenvalue weighted by atomic mass is 16.5. The Kier molecular flexibility index (Phi) is 6.35. The second-order valence-corrected chi connectivity index (χ2v) is 7.95. The molecule has 0 radical (unpaired) electrons. The van der Waals surface area contributed by atoms with Crippen molar-refractivity contribution in [2.75, 3.05) is 14.2 Å². The third-order valence-electron chi connectivity index (χ3n) is 5.80. The molecule has 0 spiro atoms. The maximum absolute atomic E-state index is 12.5. The van der Waals surface area contributed by atoms with Gasteiger partial charge in [0.1, 0.15) is 5.58 Å². The van der Waals surface area contributed by atoms with Crippen molar-refractivity contribution < 1.29 is 28.2 Å². The van der Waals surface area contributed by atoms with Crippen molar-refractivity contribution in [2.24, 2.45) is 0 Å². The largest absolute Gasteiger partial charge is 0.493 e. The molecule has 0 fully saturated rings. The Balaban J connectivity index is 1.32. The maximum Gasteiger partial charge on any atom is 0.311 e. The zero-order chi connectivity index (χ0) is 22.7. The fraction of sp³-hybridized carbons (Fsp3) is 0.360. The predicted molar refractivity (Wildman–Crippen MR) is 119 cm³/mol. The average molecular weight is 437 g/mol. The van der Waals surface area contributed by atoms with Crippen LogP contribution in [0.4, 0.5) is 0 Å². The number of hydrogen-bond acceptors (Lipinski definition) is 6. The fourth-order valence-electron chi connectivity index (χ4n) is 4.06. The number of rotatable bonds is 8. The van der Waals surface area contributed by atoms with Crippen molar-refractivity contribution in [3.63, 3.8) is 0 Å². The summed E-state index contributed by atoms with van der Waals surface area (Å²) in [6.07, 6.45) is 4.01. The van der Waals surface area contributed by atoms with E-state index in [2.05, 4.69) is 17.4 Å². The molecule has 2 aromatic carbocycles. The lowest BCUT2D eigenvalue weighted by molar-refractivity contribution is -0.154. The van der Waals surface area contributed by atoms with Crippen molar-refractivity contribution in [3.05, 3.63) is 58.8 Å². The van der Waals surface area contributed by atoms with Crippen LogP contribution in [0.1, 0.15) is 35.6 Å². The number of aryl methyl sites for hydroxylation is 2. The number of furan rings is 1. The van der Waals surface area contributed by atoms with E-state index in [-0.39, 0.29) is 18.9 Å². The molecule has 0 aliphatic heterocycles. The van der Waals surface area contributed by atoms with Gasteiger partial charge in [0.2, 0.25) is 0 Å². The molecule has 168 valence electrons. The van der Waals surface area contributed by atoms with E-state index in [4.69, 9.17) is 18.6 Å². The molecule has 3 aromatic rings. The summed E-state index contributed by atoms with van der Waals surface area (Å²) in [6.45, 7) is 1.83. The molecule has 1 heterocycles. The fourth-order valence-corrected chi connectivity index (χ4v) is 4.06. The van der Waals surface area contributed by atoms with E-state index in [1.165, 1.54) is 11.1 Å². The van der Waals surface area contributed by atoms with Crippen molar-refractivity contribution in [1.29, 1.82) is 0 Å². The Morgan fingerprint density at radius 2 is 1.81 bits per heavy atom. The minimum atomic E-state index is -0.912. The first-order chi connectivity index (χ1) is 15.5. The summed E-state index contributed by atoms with van der Waals surface area (Å²) in [6, 6.07) is 9.57. The summed E-state index contributed by atoms with van der Waals surface area (Å²) in [5.41, 5.74) is 5.04. The van der Waals surface area contributed by atoms with Crippen LogP contribution in [0.2, 0.25) is 0 Å². The van der Waals surface area contributed by atoms with Crippen LogP contribution in [0.15, 0.2) is 41.0 Å². The quantitative estimate of drug-likeness (QED) is 0.541. The molecule has 1 atom stereocenters. The van der Waals surface area contributed by atoms with E-state index < -0.39 is 12.1 Å². The Labute approximate surface area is 186 Å². The molecule has 1 amide bonds. The number of esters is 1. The van der Waals surface area contributed by atoms with Gasteiger partial charge in [0, 0.05) is 17.5 Å². The lowest BCUT2D eigenvalue weighted by atomic mass is 10.0. The van der Waals surface area contributed by atoms with Crippen LogP contribution < -0.4 is 14.8 Å². The van der Waals surface area contributed by atoms with Crippen LogP contribution in [0, 0.1) is 0 Å². The van der Waals surface area contributed by atoms with Gasteiger partial charge in [0.05, 0.1) is 26.9 Å². The molecule has 1 aliphatic carbocycles. The SMILES string of the molecule is COc1ccc(CNC(=O)C(C)OC(=O)Cc2coc3cc4c(cc23)CCC4)cc1OC. The van der Waals surface area contributed by atoms with Crippen molar-refractivity contribution in [3.8, 4) is 11.5 Å². The predicted octanol–water partition coefficient (Wildman–Crippen LogP) is 3.73. The van der Waals surface area contributed by atoms with Crippen LogP contribution in [-0.4, -0.2) is 32.2 Å². The van der Waals surface area contributed by atoms with Gasteiger partial charge in [0.25, 0.3) is 5.91 Å². The third kappa shape index (κ3) is 4.56. The van der Waals surface area contributed by atoms with E-state index in [9.17, 15) is 9.59 Å². The van der Waals surface area contributed by atoms with Gasteiger partial charge < -0.3 is 23.9 Å². The number of fused-ring (bicyclic) bond motifs is 2. The molecule has 32 heavy (non-hydrogen) atoms. The Hall–Kier alpha value is -3.48. The summed E-state index contributed by atoms with van der Waals surface area (Å²) in [5, 5.41) is 3.72. The van der Waals surface area contributed by atoms with Gasteiger partial charge in [-0.25, -0.2) is 0 Å². The van der Waals surface area contributed by atoms with Crippen LogP contribution >= 0.6 is 0 Å². The van der Waals surface area contributed by atoms with Gasteiger partial charge >= 0.3 is 5.97 Å². The molecule has 1 aliphatic rings. The van der Waals surface area contributed by atoms with E-state index in [1.807, 2.05) is 6.07 Å². The minimum Gasteiger partial charge on any atom is -0.493 e. The Morgan fingerprint density at radius 3 is 2.56 bits per heavy atom. The van der Waals surface area contributed by atoms with Gasteiger partial charge in [0.15, 0.2) is 17.6 Å². The standard InChI is InChI=1S/C25H27NO6/c1-15(25(28)26-13-16-7-8-21(29-2)23(9-16)30-3)32-24(27)12-19-14-31-22-11-18-6-4-5-17(18)10-20(19)22/h7-11,14-15H,4-6,12-13H2,1-3H3,(H,26,28). The number of carbonyl (C=O) groups excluding carboxylic acids is 2. The average Bonchev–Trinajstić information content (AvgIpc) is 3.41. The highest BCUT2D eigenvalue weighted by molar-refractivity contribution is 5.88. The van der Waals surface area contributed by atoms with Crippen LogP contribution in [0.25, 0.3) is 11.0 Å². The molecular weight excluding hydrogens is 410 g/mol. The first-order valence-corrected chi connectivity index (χ1v) is 10.7. The summed E-state index contributed by atoms with van der Waals surface area (Å²) in [4.78, 5) is 24.9. The van der Waals surface area contributed by atoms with Crippen LogP contribution in [-0.2, 0) is 40.1 Å². The molecule has 7 heteroatoms. The summed E-state index contributed by atoms with van der Waals surface area (Å²) >= 11 is 0. The van der Waals surface area contributed by atoms with Gasteiger partial charge in [-0.15, -0.1) is 0 Å². The summed E-state index contributed by atoms with van der Waals surface area (Å²) in [5.74, 6) is 0.350. The highest BCUT2D eigenvalue weighted by Crippen LogP contribution is 2.31. The van der Waals surface area contributed by atoms with Crippen molar-refractivity contribution in [1.82, 2.24) is 5.32 Å². The molecule has 0 saturated carbocycles. The summed E-state index contributed by atoms with van der Waals surface area (Å²) < 4.78 is 21.5. The van der Waals surface area contributed by atoms with E-state index in [0.717, 1.165) is 41.4 Å². The molecule has 1 unspecified atom stereocenters. The first kappa shape index (κ1) is 21.7. The number of methoxy groups -OCH3 is 2. The van der Waals surface area contributed by atoms with E-state index >= 15 is 0 Å². The number of amides is 1. The molecular formula is C25H27NO6. The molecule has 0 bridgehead atoms.